The van der Waals surface area contributed by atoms with E-state index in [9.17, 15) is 0 Å². The lowest BCUT2D eigenvalue weighted by Gasteiger charge is -2.15. The maximum Gasteiger partial charge on any atom is 0.0440 e. The van der Waals surface area contributed by atoms with E-state index in [0.29, 0.717) is 6.04 Å². The Balaban J connectivity index is 2.53. The molecule has 1 aromatic rings. The molecule has 1 unspecified atom stereocenters. The molecule has 0 aromatic heterocycles. The summed E-state index contributed by atoms with van der Waals surface area (Å²) >= 11 is 6.21. The Morgan fingerprint density at radius 3 is 2.62 bits per heavy atom. The molecule has 0 aliphatic heterocycles. The second kappa shape index (κ2) is 6.93. The fourth-order valence-electron chi connectivity index (χ4n) is 1.97. The van der Waals surface area contributed by atoms with Crippen molar-refractivity contribution in [3.8, 4) is 0 Å². The topological polar surface area (TPSA) is 12.0 Å². The van der Waals surface area contributed by atoms with Crippen LogP contribution in [0.1, 0.15) is 37.3 Å². The molecule has 0 spiro atoms. The van der Waals surface area contributed by atoms with Gasteiger partial charge in [-0.1, -0.05) is 37.1 Å². The fraction of sp³-hybridized carbons (Fsp3) is 0.571. The SMILES string of the molecule is CCCC(CCc1ccc(C)cc1Cl)NC. The van der Waals surface area contributed by atoms with Crippen LogP contribution in [0.4, 0.5) is 0 Å². The summed E-state index contributed by atoms with van der Waals surface area (Å²) in [5.41, 5.74) is 2.50. The summed E-state index contributed by atoms with van der Waals surface area (Å²) in [6.07, 6.45) is 4.69. The van der Waals surface area contributed by atoms with Crippen molar-refractivity contribution in [3.63, 3.8) is 0 Å². The van der Waals surface area contributed by atoms with Gasteiger partial charge in [-0.05, 0) is 50.4 Å². The Morgan fingerprint density at radius 2 is 2.06 bits per heavy atom. The fourth-order valence-corrected chi connectivity index (χ4v) is 2.30. The highest BCUT2D eigenvalue weighted by Crippen LogP contribution is 2.20. The van der Waals surface area contributed by atoms with Gasteiger partial charge >= 0.3 is 0 Å². The first-order valence-electron chi connectivity index (χ1n) is 6.09. The Labute approximate surface area is 104 Å². The lowest BCUT2D eigenvalue weighted by atomic mass is 10.0. The molecule has 2 heteroatoms. The molecule has 16 heavy (non-hydrogen) atoms. The summed E-state index contributed by atoms with van der Waals surface area (Å²) < 4.78 is 0. The number of benzene rings is 1. The summed E-state index contributed by atoms with van der Waals surface area (Å²) in [6.45, 7) is 4.30. The first kappa shape index (κ1) is 13.5. The van der Waals surface area contributed by atoms with E-state index in [4.69, 9.17) is 11.6 Å². The number of aryl methyl sites for hydroxylation is 2. The van der Waals surface area contributed by atoms with Gasteiger partial charge in [0.25, 0.3) is 0 Å². The van der Waals surface area contributed by atoms with Crippen molar-refractivity contribution >= 4 is 11.6 Å². The summed E-state index contributed by atoms with van der Waals surface area (Å²) in [7, 11) is 2.04. The Morgan fingerprint density at radius 1 is 1.31 bits per heavy atom. The van der Waals surface area contributed by atoms with E-state index in [1.54, 1.807) is 0 Å². The van der Waals surface area contributed by atoms with Crippen LogP contribution in [0.2, 0.25) is 5.02 Å². The minimum atomic E-state index is 0.613. The number of nitrogens with one attached hydrogen (secondary N) is 1. The average molecular weight is 240 g/mol. The van der Waals surface area contributed by atoms with Crippen LogP contribution in [0, 0.1) is 6.92 Å². The van der Waals surface area contributed by atoms with Crippen LogP contribution in [-0.4, -0.2) is 13.1 Å². The van der Waals surface area contributed by atoms with Gasteiger partial charge in [-0.3, -0.25) is 0 Å². The van der Waals surface area contributed by atoms with E-state index in [0.717, 1.165) is 17.9 Å². The van der Waals surface area contributed by atoms with E-state index in [2.05, 4.69) is 31.3 Å². The van der Waals surface area contributed by atoms with E-state index in [-0.39, 0.29) is 0 Å². The second-order valence-corrected chi connectivity index (χ2v) is 4.82. The predicted octanol–water partition coefficient (Wildman–Crippen LogP) is 3.97. The first-order valence-corrected chi connectivity index (χ1v) is 6.47. The molecule has 1 aromatic carbocycles. The van der Waals surface area contributed by atoms with Gasteiger partial charge in [-0.15, -0.1) is 0 Å². The maximum absolute atomic E-state index is 6.21. The third kappa shape index (κ3) is 4.15. The van der Waals surface area contributed by atoms with Crippen molar-refractivity contribution in [2.24, 2.45) is 0 Å². The average Bonchev–Trinajstić information content (AvgIpc) is 2.26. The Kier molecular flexibility index (Phi) is 5.86. The van der Waals surface area contributed by atoms with E-state index in [1.807, 2.05) is 13.1 Å². The minimum Gasteiger partial charge on any atom is -0.317 e. The van der Waals surface area contributed by atoms with Gasteiger partial charge in [0.05, 0.1) is 0 Å². The van der Waals surface area contributed by atoms with Gasteiger partial charge in [0.15, 0.2) is 0 Å². The molecule has 1 rings (SSSR count). The van der Waals surface area contributed by atoms with Crippen LogP contribution in [0.25, 0.3) is 0 Å². The second-order valence-electron chi connectivity index (χ2n) is 4.41. The number of rotatable bonds is 6. The zero-order chi connectivity index (χ0) is 12.0. The molecule has 0 aliphatic carbocycles. The van der Waals surface area contributed by atoms with Crippen LogP contribution in [-0.2, 0) is 6.42 Å². The van der Waals surface area contributed by atoms with Gasteiger partial charge in [-0.25, -0.2) is 0 Å². The van der Waals surface area contributed by atoms with Crippen LogP contribution < -0.4 is 5.32 Å². The largest absolute Gasteiger partial charge is 0.317 e. The highest BCUT2D eigenvalue weighted by atomic mass is 35.5. The molecule has 0 saturated heterocycles. The predicted molar refractivity (Wildman–Crippen MR) is 72.3 cm³/mol. The summed E-state index contributed by atoms with van der Waals surface area (Å²) in [4.78, 5) is 0. The number of halogens is 1. The lowest BCUT2D eigenvalue weighted by Crippen LogP contribution is -2.25. The molecule has 0 amide bonds. The van der Waals surface area contributed by atoms with Crippen LogP contribution in [0.5, 0.6) is 0 Å². The highest BCUT2D eigenvalue weighted by Gasteiger charge is 2.07. The van der Waals surface area contributed by atoms with Crippen molar-refractivity contribution in [1.82, 2.24) is 5.32 Å². The molecule has 1 N–H and O–H groups in total. The Bertz CT molecular complexity index is 323. The van der Waals surface area contributed by atoms with Gasteiger partial charge in [0, 0.05) is 11.1 Å². The smallest absolute Gasteiger partial charge is 0.0440 e. The molecule has 0 aliphatic rings. The van der Waals surface area contributed by atoms with Crippen LogP contribution in [0.3, 0.4) is 0 Å². The van der Waals surface area contributed by atoms with Gasteiger partial charge in [-0.2, -0.15) is 0 Å². The molecule has 1 atom stereocenters. The van der Waals surface area contributed by atoms with Crippen molar-refractivity contribution in [2.75, 3.05) is 7.05 Å². The monoisotopic (exact) mass is 239 g/mol. The van der Waals surface area contributed by atoms with Crippen molar-refractivity contribution in [3.05, 3.63) is 34.3 Å². The highest BCUT2D eigenvalue weighted by molar-refractivity contribution is 6.31. The Hall–Kier alpha value is -0.530. The molecule has 0 fully saturated rings. The zero-order valence-electron chi connectivity index (χ0n) is 10.5. The van der Waals surface area contributed by atoms with Crippen molar-refractivity contribution < 1.29 is 0 Å². The number of hydrogen-bond acceptors (Lipinski definition) is 1. The molecular formula is C14H22ClN. The van der Waals surface area contributed by atoms with Crippen molar-refractivity contribution in [2.45, 2.75) is 45.6 Å². The summed E-state index contributed by atoms with van der Waals surface area (Å²) in [6, 6.07) is 6.94. The zero-order valence-corrected chi connectivity index (χ0v) is 11.3. The molecule has 0 saturated carbocycles. The standard InChI is InChI=1S/C14H22ClN/c1-4-5-13(16-3)9-8-12-7-6-11(2)10-14(12)15/h6-7,10,13,16H,4-5,8-9H2,1-3H3. The van der Waals surface area contributed by atoms with Crippen LogP contribution >= 0.6 is 11.6 Å². The molecular weight excluding hydrogens is 218 g/mol. The normalized spacial score (nSPS) is 12.8. The number of hydrogen-bond donors (Lipinski definition) is 1. The molecule has 0 heterocycles. The summed E-state index contributed by atoms with van der Waals surface area (Å²) in [5.74, 6) is 0. The van der Waals surface area contributed by atoms with E-state index >= 15 is 0 Å². The van der Waals surface area contributed by atoms with Crippen LogP contribution in [0.15, 0.2) is 18.2 Å². The third-order valence-corrected chi connectivity index (χ3v) is 3.37. The quantitative estimate of drug-likeness (QED) is 0.792. The molecule has 90 valence electrons. The lowest BCUT2D eigenvalue weighted by molar-refractivity contribution is 0.484. The maximum atomic E-state index is 6.21. The van der Waals surface area contributed by atoms with Crippen molar-refractivity contribution in [1.29, 1.82) is 0 Å². The third-order valence-electron chi connectivity index (χ3n) is 3.02. The van der Waals surface area contributed by atoms with Gasteiger partial charge in [0.2, 0.25) is 0 Å². The van der Waals surface area contributed by atoms with Gasteiger partial charge < -0.3 is 5.32 Å². The van der Waals surface area contributed by atoms with E-state index < -0.39 is 0 Å². The molecule has 0 radical (unpaired) electrons. The summed E-state index contributed by atoms with van der Waals surface area (Å²) in [5, 5.41) is 4.27. The minimum absolute atomic E-state index is 0.613. The molecule has 0 bridgehead atoms. The van der Waals surface area contributed by atoms with Gasteiger partial charge in [0.1, 0.15) is 0 Å². The molecule has 1 nitrogen and oxygen atoms in total. The first-order chi connectivity index (χ1) is 7.67. The van der Waals surface area contributed by atoms with E-state index in [1.165, 1.54) is 24.0 Å².